The van der Waals surface area contributed by atoms with Crippen molar-refractivity contribution in [3.8, 4) is 0 Å². The van der Waals surface area contributed by atoms with E-state index in [1.54, 1.807) is 4.90 Å². The molecule has 0 radical (unpaired) electrons. The van der Waals surface area contributed by atoms with Gasteiger partial charge in [0.2, 0.25) is 0 Å². The van der Waals surface area contributed by atoms with E-state index in [1.807, 2.05) is 38.1 Å². The fourth-order valence-electron chi connectivity index (χ4n) is 2.02. The highest BCUT2D eigenvalue weighted by molar-refractivity contribution is 7.80. The molecular formula is C16H24N2O2S. The SMILES string of the molecule is CCOCCCN(CCC(N)=S)C(=O)c1cccc(C)c1. The summed E-state index contributed by atoms with van der Waals surface area (Å²) in [6.45, 7) is 6.48. The minimum absolute atomic E-state index is 0.0199. The monoisotopic (exact) mass is 308 g/mol. The zero-order valence-electron chi connectivity index (χ0n) is 12.8. The fraction of sp³-hybridized carbons (Fsp3) is 0.500. The van der Waals surface area contributed by atoms with Crippen LogP contribution in [0.3, 0.4) is 0 Å². The van der Waals surface area contributed by atoms with Gasteiger partial charge in [0.15, 0.2) is 0 Å². The molecule has 0 bridgehead atoms. The Kier molecular flexibility index (Phi) is 7.93. The highest BCUT2D eigenvalue weighted by Gasteiger charge is 2.15. The third-order valence-electron chi connectivity index (χ3n) is 3.10. The molecule has 4 nitrogen and oxygen atoms in total. The van der Waals surface area contributed by atoms with Gasteiger partial charge in [0.05, 0.1) is 4.99 Å². The van der Waals surface area contributed by atoms with Crippen LogP contribution in [0, 0.1) is 6.92 Å². The lowest BCUT2D eigenvalue weighted by molar-refractivity contribution is 0.0730. The van der Waals surface area contributed by atoms with Crippen molar-refractivity contribution in [1.82, 2.24) is 4.90 Å². The van der Waals surface area contributed by atoms with Gasteiger partial charge >= 0.3 is 0 Å². The normalized spacial score (nSPS) is 10.4. The molecule has 0 aliphatic heterocycles. The summed E-state index contributed by atoms with van der Waals surface area (Å²) >= 11 is 4.91. The number of hydrogen-bond donors (Lipinski definition) is 1. The molecule has 0 heterocycles. The molecule has 0 spiro atoms. The molecule has 0 aromatic heterocycles. The van der Waals surface area contributed by atoms with Gasteiger partial charge in [0.1, 0.15) is 0 Å². The van der Waals surface area contributed by atoms with Crippen LogP contribution >= 0.6 is 12.2 Å². The number of hydrogen-bond acceptors (Lipinski definition) is 3. The van der Waals surface area contributed by atoms with Crippen LogP contribution in [0.4, 0.5) is 0 Å². The Balaban J connectivity index is 2.69. The smallest absolute Gasteiger partial charge is 0.253 e. The molecular weight excluding hydrogens is 284 g/mol. The topological polar surface area (TPSA) is 55.6 Å². The van der Waals surface area contributed by atoms with E-state index in [2.05, 4.69) is 0 Å². The molecule has 0 fully saturated rings. The van der Waals surface area contributed by atoms with E-state index < -0.39 is 0 Å². The molecule has 0 aliphatic carbocycles. The first kappa shape index (κ1) is 17.6. The predicted octanol–water partition coefficient (Wildman–Crippen LogP) is 2.54. The van der Waals surface area contributed by atoms with Gasteiger partial charge in [0, 0.05) is 38.3 Å². The van der Waals surface area contributed by atoms with E-state index in [0.29, 0.717) is 43.3 Å². The maximum absolute atomic E-state index is 12.6. The van der Waals surface area contributed by atoms with Crippen molar-refractivity contribution in [2.75, 3.05) is 26.3 Å². The zero-order chi connectivity index (χ0) is 15.7. The second-order valence-electron chi connectivity index (χ2n) is 4.93. The maximum atomic E-state index is 12.6. The number of amides is 1. The molecule has 116 valence electrons. The third-order valence-corrected chi connectivity index (χ3v) is 3.31. The molecule has 2 N–H and O–H groups in total. The highest BCUT2D eigenvalue weighted by Crippen LogP contribution is 2.09. The van der Waals surface area contributed by atoms with Gasteiger partial charge in [-0.3, -0.25) is 4.79 Å². The molecule has 0 saturated heterocycles. The predicted molar refractivity (Wildman–Crippen MR) is 89.6 cm³/mol. The number of ether oxygens (including phenoxy) is 1. The van der Waals surface area contributed by atoms with Crippen LogP contribution in [0.2, 0.25) is 0 Å². The van der Waals surface area contributed by atoms with Crippen molar-refractivity contribution in [3.63, 3.8) is 0 Å². The molecule has 1 aromatic rings. The number of nitrogens with zero attached hydrogens (tertiary/aromatic N) is 1. The average Bonchev–Trinajstić information content (AvgIpc) is 2.45. The zero-order valence-corrected chi connectivity index (χ0v) is 13.6. The maximum Gasteiger partial charge on any atom is 0.253 e. The van der Waals surface area contributed by atoms with E-state index >= 15 is 0 Å². The highest BCUT2D eigenvalue weighted by atomic mass is 32.1. The van der Waals surface area contributed by atoms with Gasteiger partial charge in [-0.2, -0.15) is 0 Å². The first-order valence-electron chi connectivity index (χ1n) is 7.26. The van der Waals surface area contributed by atoms with Crippen molar-refractivity contribution in [1.29, 1.82) is 0 Å². The van der Waals surface area contributed by atoms with Crippen molar-refractivity contribution in [2.24, 2.45) is 5.73 Å². The van der Waals surface area contributed by atoms with Gasteiger partial charge in [-0.05, 0) is 32.4 Å². The van der Waals surface area contributed by atoms with Crippen molar-refractivity contribution >= 4 is 23.1 Å². The van der Waals surface area contributed by atoms with E-state index in [9.17, 15) is 4.79 Å². The summed E-state index contributed by atoms with van der Waals surface area (Å²) < 4.78 is 5.33. The fourth-order valence-corrected chi connectivity index (χ4v) is 2.11. The lowest BCUT2D eigenvalue weighted by atomic mass is 10.1. The van der Waals surface area contributed by atoms with Gasteiger partial charge in [0.25, 0.3) is 5.91 Å². The van der Waals surface area contributed by atoms with Gasteiger partial charge < -0.3 is 15.4 Å². The summed E-state index contributed by atoms with van der Waals surface area (Å²) in [5.41, 5.74) is 7.33. The quantitative estimate of drug-likeness (QED) is 0.562. The Morgan fingerprint density at radius 3 is 2.76 bits per heavy atom. The van der Waals surface area contributed by atoms with E-state index in [0.717, 1.165) is 12.0 Å². The Morgan fingerprint density at radius 2 is 2.14 bits per heavy atom. The first-order valence-corrected chi connectivity index (χ1v) is 7.67. The van der Waals surface area contributed by atoms with Crippen LogP contribution in [-0.2, 0) is 4.74 Å². The minimum Gasteiger partial charge on any atom is -0.393 e. The Labute approximate surface area is 132 Å². The Hall–Kier alpha value is -1.46. The largest absolute Gasteiger partial charge is 0.393 e. The molecule has 0 unspecified atom stereocenters. The van der Waals surface area contributed by atoms with Crippen LogP contribution in [-0.4, -0.2) is 42.1 Å². The number of carbonyl (C=O) groups is 1. The summed E-state index contributed by atoms with van der Waals surface area (Å²) in [6, 6.07) is 7.62. The van der Waals surface area contributed by atoms with Gasteiger partial charge in [-0.1, -0.05) is 29.9 Å². The standard InChI is InChI=1S/C16H24N2O2S/c1-3-20-11-5-9-18(10-8-15(17)21)16(19)14-7-4-6-13(2)12-14/h4,6-7,12H,3,5,8-11H2,1-2H3,(H2,17,21). The molecule has 21 heavy (non-hydrogen) atoms. The van der Waals surface area contributed by atoms with E-state index in [-0.39, 0.29) is 5.91 Å². The third kappa shape index (κ3) is 6.69. The van der Waals surface area contributed by atoms with Crippen molar-refractivity contribution in [2.45, 2.75) is 26.7 Å². The second-order valence-corrected chi connectivity index (χ2v) is 5.45. The first-order chi connectivity index (χ1) is 10.0. The number of carbonyl (C=O) groups excluding carboxylic acids is 1. The number of thiocarbonyl (C=S) groups is 1. The number of nitrogens with two attached hydrogens (primary N) is 1. The molecule has 0 atom stereocenters. The van der Waals surface area contributed by atoms with Crippen LogP contribution in [0.1, 0.15) is 35.7 Å². The minimum atomic E-state index is 0.0199. The molecule has 1 rings (SSSR count). The van der Waals surface area contributed by atoms with Crippen molar-refractivity contribution < 1.29 is 9.53 Å². The summed E-state index contributed by atoms with van der Waals surface area (Å²) in [6.07, 6.45) is 1.35. The van der Waals surface area contributed by atoms with Crippen molar-refractivity contribution in [3.05, 3.63) is 35.4 Å². The second kappa shape index (κ2) is 9.47. The van der Waals surface area contributed by atoms with E-state index in [1.165, 1.54) is 0 Å². The van der Waals surface area contributed by atoms with Crippen LogP contribution in [0.25, 0.3) is 0 Å². The molecule has 0 aliphatic rings. The average molecular weight is 308 g/mol. The molecule has 0 saturated carbocycles. The summed E-state index contributed by atoms with van der Waals surface area (Å²) in [4.78, 5) is 14.8. The van der Waals surface area contributed by atoms with Crippen LogP contribution in [0.15, 0.2) is 24.3 Å². The Bertz CT molecular complexity index is 477. The van der Waals surface area contributed by atoms with Gasteiger partial charge in [-0.25, -0.2) is 0 Å². The molecule has 1 aromatic carbocycles. The van der Waals surface area contributed by atoms with E-state index in [4.69, 9.17) is 22.7 Å². The Morgan fingerprint density at radius 1 is 1.38 bits per heavy atom. The molecule has 1 amide bonds. The van der Waals surface area contributed by atoms with Crippen LogP contribution in [0.5, 0.6) is 0 Å². The molecule has 5 heteroatoms. The summed E-state index contributed by atoms with van der Waals surface area (Å²) in [5, 5.41) is 0. The number of benzene rings is 1. The number of rotatable bonds is 9. The lowest BCUT2D eigenvalue weighted by Crippen LogP contribution is -2.35. The van der Waals surface area contributed by atoms with Crippen LogP contribution < -0.4 is 5.73 Å². The summed E-state index contributed by atoms with van der Waals surface area (Å²) in [7, 11) is 0. The number of aryl methyl sites for hydroxylation is 1. The van der Waals surface area contributed by atoms with Gasteiger partial charge in [-0.15, -0.1) is 0 Å². The lowest BCUT2D eigenvalue weighted by Gasteiger charge is -2.23. The summed E-state index contributed by atoms with van der Waals surface area (Å²) in [5.74, 6) is 0.0199.